The summed E-state index contributed by atoms with van der Waals surface area (Å²) in [6.07, 6.45) is 16.8. The lowest BCUT2D eigenvalue weighted by atomic mass is 10.1. The molecule has 1 atom stereocenters. The summed E-state index contributed by atoms with van der Waals surface area (Å²) in [6, 6.07) is 20.9. The van der Waals surface area contributed by atoms with Crippen LogP contribution in [-0.2, 0) is 11.2 Å². The molecule has 0 saturated heterocycles. The Labute approximate surface area is 212 Å². The monoisotopic (exact) mass is 470 g/mol. The third-order valence-electron chi connectivity index (χ3n) is 5.90. The number of hydrogen-bond acceptors (Lipinski definition) is 2. The van der Waals surface area contributed by atoms with Gasteiger partial charge in [0.25, 0.3) is 0 Å². The number of hydrogen-bond donors (Lipinski definition) is 1. The van der Waals surface area contributed by atoms with Crippen LogP contribution in [-0.4, -0.2) is 18.3 Å². The fraction of sp³-hybridized carbons (Fsp3) is 0.625. The van der Waals surface area contributed by atoms with Crippen molar-refractivity contribution in [3.63, 3.8) is 0 Å². The predicted octanol–water partition coefficient (Wildman–Crippen LogP) is 9.71. The summed E-state index contributed by atoms with van der Waals surface area (Å²) in [5.41, 5.74) is 2.69. The number of aryl methyl sites for hydroxylation is 1. The van der Waals surface area contributed by atoms with Crippen LogP contribution in [0.1, 0.15) is 122 Å². The first-order valence-corrected chi connectivity index (χ1v) is 14.0. The van der Waals surface area contributed by atoms with E-state index in [1.54, 1.807) is 0 Å². The zero-order chi connectivity index (χ0) is 25.1. The van der Waals surface area contributed by atoms with Crippen LogP contribution in [0.4, 0.5) is 0 Å². The smallest absolute Gasteiger partial charge is 0.0796 e. The summed E-state index contributed by atoms with van der Waals surface area (Å²) in [4.78, 5) is 0. The zero-order valence-corrected chi connectivity index (χ0v) is 22.8. The van der Waals surface area contributed by atoms with E-state index in [0.717, 1.165) is 19.4 Å². The van der Waals surface area contributed by atoms with Crippen LogP contribution in [0, 0.1) is 0 Å². The van der Waals surface area contributed by atoms with Crippen LogP contribution in [0.25, 0.3) is 0 Å². The van der Waals surface area contributed by atoms with Crippen molar-refractivity contribution in [2.75, 3.05) is 13.2 Å². The Hall–Kier alpha value is -1.64. The Balaban J connectivity index is 0.000000537. The van der Waals surface area contributed by atoms with Crippen LogP contribution < -0.4 is 0 Å². The standard InChI is InChI=1S/C16H26O.C8H18O.C8H10/c1-3-4-5-6-7-11-14-17-15(2)16-12-9-8-10-13-16;1-2-3-4-5-6-7-8-9;1-2-8-6-4-3-5-7-8/h8-10,12-13,15H,3-7,11,14H2,1-2H3;9H,2-8H2,1H3;3-7H,2H2,1H3. The van der Waals surface area contributed by atoms with Gasteiger partial charge in [-0.1, -0.05) is 146 Å². The van der Waals surface area contributed by atoms with Crippen LogP contribution in [0.2, 0.25) is 0 Å². The Morgan fingerprint density at radius 3 is 1.56 bits per heavy atom. The van der Waals surface area contributed by atoms with E-state index < -0.39 is 0 Å². The molecule has 1 N–H and O–H groups in total. The number of benzene rings is 2. The van der Waals surface area contributed by atoms with Crippen molar-refractivity contribution in [2.24, 2.45) is 0 Å². The third kappa shape index (κ3) is 20.9. The second-order valence-corrected chi connectivity index (χ2v) is 9.02. The first kappa shape index (κ1) is 32.4. The number of unbranched alkanes of at least 4 members (excludes halogenated alkanes) is 10. The van der Waals surface area contributed by atoms with E-state index in [1.165, 1.54) is 81.8 Å². The Morgan fingerprint density at radius 1 is 0.618 bits per heavy atom. The van der Waals surface area contributed by atoms with Crippen molar-refractivity contribution in [2.45, 2.75) is 117 Å². The van der Waals surface area contributed by atoms with Gasteiger partial charge in [-0.15, -0.1) is 0 Å². The Bertz CT molecular complexity index is 605. The molecule has 0 saturated carbocycles. The molecule has 194 valence electrons. The van der Waals surface area contributed by atoms with Gasteiger partial charge >= 0.3 is 0 Å². The van der Waals surface area contributed by atoms with Crippen LogP contribution in [0.15, 0.2) is 60.7 Å². The van der Waals surface area contributed by atoms with Gasteiger partial charge in [0, 0.05) is 13.2 Å². The molecule has 0 amide bonds. The molecule has 0 bridgehead atoms. The molecule has 0 aromatic heterocycles. The van der Waals surface area contributed by atoms with Crippen molar-refractivity contribution in [3.05, 3.63) is 71.8 Å². The topological polar surface area (TPSA) is 29.5 Å². The number of ether oxygens (including phenoxy) is 1. The zero-order valence-electron chi connectivity index (χ0n) is 22.8. The second kappa shape index (κ2) is 26.0. The summed E-state index contributed by atoms with van der Waals surface area (Å²) in [7, 11) is 0. The van der Waals surface area contributed by atoms with E-state index in [9.17, 15) is 0 Å². The molecule has 2 nitrogen and oxygen atoms in total. The SMILES string of the molecule is CCCCCCCCO.CCCCCCCCOC(C)c1ccccc1.CCc1ccccc1. The Morgan fingerprint density at radius 2 is 1.09 bits per heavy atom. The molecule has 0 fully saturated rings. The van der Waals surface area contributed by atoms with Crippen molar-refractivity contribution < 1.29 is 9.84 Å². The first-order valence-electron chi connectivity index (χ1n) is 14.0. The molecule has 1 unspecified atom stereocenters. The van der Waals surface area contributed by atoms with Crippen LogP contribution in [0.5, 0.6) is 0 Å². The van der Waals surface area contributed by atoms with Crippen molar-refractivity contribution in [1.82, 2.24) is 0 Å². The average Bonchev–Trinajstić information content (AvgIpc) is 2.90. The largest absolute Gasteiger partial charge is 0.396 e. The maximum absolute atomic E-state index is 8.42. The molecule has 0 aliphatic rings. The maximum Gasteiger partial charge on any atom is 0.0796 e. The number of aliphatic hydroxyl groups is 1. The molecule has 0 aliphatic carbocycles. The van der Waals surface area contributed by atoms with Gasteiger partial charge in [0.15, 0.2) is 0 Å². The molecular formula is C32H54O2. The summed E-state index contributed by atoms with van der Waals surface area (Å²) in [5.74, 6) is 0. The van der Waals surface area contributed by atoms with Gasteiger partial charge in [-0.25, -0.2) is 0 Å². The van der Waals surface area contributed by atoms with E-state index >= 15 is 0 Å². The second-order valence-electron chi connectivity index (χ2n) is 9.02. The third-order valence-corrected chi connectivity index (χ3v) is 5.90. The van der Waals surface area contributed by atoms with E-state index in [0.29, 0.717) is 6.61 Å². The highest BCUT2D eigenvalue weighted by molar-refractivity contribution is 5.16. The molecule has 34 heavy (non-hydrogen) atoms. The predicted molar refractivity (Wildman–Crippen MR) is 150 cm³/mol. The van der Waals surface area contributed by atoms with Crippen molar-refractivity contribution in [1.29, 1.82) is 0 Å². The van der Waals surface area contributed by atoms with Gasteiger partial charge in [0.1, 0.15) is 0 Å². The van der Waals surface area contributed by atoms with Crippen molar-refractivity contribution in [3.8, 4) is 0 Å². The van der Waals surface area contributed by atoms with Gasteiger partial charge in [-0.3, -0.25) is 0 Å². The quantitative estimate of drug-likeness (QED) is 0.247. The van der Waals surface area contributed by atoms with Crippen molar-refractivity contribution >= 4 is 0 Å². The fourth-order valence-electron chi connectivity index (χ4n) is 3.57. The minimum absolute atomic E-state index is 0.229. The van der Waals surface area contributed by atoms with Crippen LogP contribution in [0.3, 0.4) is 0 Å². The molecule has 0 radical (unpaired) electrons. The minimum atomic E-state index is 0.229. The van der Waals surface area contributed by atoms with E-state index in [-0.39, 0.29) is 6.10 Å². The molecule has 2 aromatic carbocycles. The summed E-state index contributed by atoms with van der Waals surface area (Å²) in [5, 5.41) is 8.42. The van der Waals surface area contributed by atoms with E-state index in [2.05, 4.69) is 76.2 Å². The van der Waals surface area contributed by atoms with Gasteiger partial charge in [-0.2, -0.15) is 0 Å². The lowest BCUT2D eigenvalue weighted by Gasteiger charge is -2.13. The van der Waals surface area contributed by atoms with Gasteiger partial charge in [-0.05, 0) is 37.3 Å². The number of aliphatic hydroxyl groups excluding tert-OH is 1. The summed E-state index contributed by atoms with van der Waals surface area (Å²) >= 11 is 0. The molecule has 2 aromatic rings. The molecule has 0 spiro atoms. The Kier molecular flexibility index (Phi) is 24.7. The molecule has 0 aliphatic heterocycles. The highest BCUT2D eigenvalue weighted by Gasteiger charge is 2.03. The summed E-state index contributed by atoms with van der Waals surface area (Å²) < 4.78 is 5.83. The molecule has 2 rings (SSSR count). The van der Waals surface area contributed by atoms with E-state index in [1.807, 2.05) is 12.1 Å². The normalized spacial score (nSPS) is 11.1. The van der Waals surface area contributed by atoms with Gasteiger partial charge < -0.3 is 9.84 Å². The highest BCUT2D eigenvalue weighted by Crippen LogP contribution is 2.16. The lowest BCUT2D eigenvalue weighted by Crippen LogP contribution is -2.01. The average molecular weight is 471 g/mol. The van der Waals surface area contributed by atoms with Gasteiger partial charge in [0.2, 0.25) is 0 Å². The molecule has 2 heteroatoms. The highest BCUT2D eigenvalue weighted by atomic mass is 16.5. The maximum atomic E-state index is 8.42. The molecule has 0 heterocycles. The lowest BCUT2D eigenvalue weighted by molar-refractivity contribution is 0.0627. The van der Waals surface area contributed by atoms with Gasteiger partial charge in [0.05, 0.1) is 6.10 Å². The minimum Gasteiger partial charge on any atom is -0.396 e. The van der Waals surface area contributed by atoms with Crippen LogP contribution >= 0.6 is 0 Å². The first-order chi connectivity index (χ1) is 16.7. The fourth-order valence-corrected chi connectivity index (χ4v) is 3.57. The number of rotatable bonds is 16. The molecular weight excluding hydrogens is 416 g/mol. The summed E-state index contributed by atoms with van der Waals surface area (Å²) in [6.45, 7) is 10.0. The van der Waals surface area contributed by atoms with E-state index in [4.69, 9.17) is 9.84 Å².